The third kappa shape index (κ3) is 3.99. The summed E-state index contributed by atoms with van der Waals surface area (Å²) >= 11 is 0. The van der Waals surface area contributed by atoms with Gasteiger partial charge in [0.1, 0.15) is 0 Å². The number of Topliss-reactive ketones (excluding diaryl/α,β-unsaturated/α-hetero) is 1. The fourth-order valence-electron chi connectivity index (χ4n) is 1.54. The molecule has 1 amide bonds. The van der Waals surface area contributed by atoms with Crippen LogP contribution in [0.2, 0.25) is 0 Å². The van der Waals surface area contributed by atoms with Gasteiger partial charge in [0.25, 0.3) is 0 Å². The van der Waals surface area contributed by atoms with E-state index in [9.17, 15) is 9.59 Å². The van der Waals surface area contributed by atoms with Crippen LogP contribution in [0.3, 0.4) is 0 Å². The maximum absolute atomic E-state index is 11.8. The molecule has 1 N–H and O–H groups in total. The second kappa shape index (κ2) is 6.39. The number of carbonyl (C=O) groups excluding carboxylic acids is 2. The summed E-state index contributed by atoms with van der Waals surface area (Å²) in [5.74, 6) is -0.517. The van der Waals surface area contributed by atoms with Crippen molar-refractivity contribution in [2.24, 2.45) is 0 Å². The summed E-state index contributed by atoms with van der Waals surface area (Å²) in [6.07, 6.45) is 4.52. The highest BCUT2D eigenvalue weighted by molar-refractivity contribution is 6.07. The number of benzene rings is 1. The highest BCUT2D eigenvalue weighted by Crippen LogP contribution is 2.02. The van der Waals surface area contributed by atoms with Crippen molar-refractivity contribution in [3.63, 3.8) is 0 Å². The molecule has 0 saturated heterocycles. The van der Waals surface area contributed by atoms with Crippen molar-refractivity contribution in [2.45, 2.75) is 13.0 Å². The van der Waals surface area contributed by atoms with Crippen molar-refractivity contribution in [1.82, 2.24) is 15.3 Å². The number of carbonyl (C=O) groups is 2. The molecule has 0 bridgehead atoms. The number of nitrogens with zero attached hydrogens (tertiary/aromatic N) is 2. The van der Waals surface area contributed by atoms with Gasteiger partial charge in [0, 0.05) is 18.0 Å². The van der Waals surface area contributed by atoms with E-state index in [0.717, 1.165) is 0 Å². The van der Waals surface area contributed by atoms with Crippen LogP contribution >= 0.6 is 0 Å². The molecule has 2 aromatic rings. The van der Waals surface area contributed by atoms with E-state index < -0.39 is 0 Å². The van der Waals surface area contributed by atoms with Gasteiger partial charge < -0.3 is 5.32 Å². The van der Waals surface area contributed by atoms with E-state index in [4.69, 9.17) is 0 Å². The molecular weight excluding hydrogens is 242 g/mol. The smallest absolute Gasteiger partial charge is 0.228 e. The Balaban J connectivity index is 1.83. The first-order valence-corrected chi connectivity index (χ1v) is 5.85. The van der Waals surface area contributed by atoms with Gasteiger partial charge in [-0.25, -0.2) is 0 Å². The van der Waals surface area contributed by atoms with Crippen molar-refractivity contribution in [2.75, 3.05) is 0 Å². The maximum atomic E-state index is 11.8. The molecular formula is C14H13N3O2. The van der Waals surface area contributed by atoms with Crippen LogP contribution in [-0.4, -0.2) is 21.7 Å². The number of rotatable bonds is 5. The molecule has 1 aromatic heterocycles. The quantitative estimate of drug-likeness (QED) is 0.647. The summed E-state index contributed by atoms with van der Waals surface area (Å²) in [5, 5.41) is 2.64. The average Bonchev–Trinajstić information content (AvgIpc) is 2.47. The molecule has 0 radical (unpaired) electrons. The molecule has 1 aromatic carbocycles. The average molecular weight is 255 g/mol. The summed E-state index contributed by atoms with van der Waals surface area (Å²) in [6.45, 7) is 0.273. The molecule has 0 aliphatic carbocycles. The van der Waals surface area contributed by atoms with Crippen LogP contribution in [0.15, 0.2) is 48.9 Å². The van der Waals surface area contributed by atoms with Gasteiger partial charge >= 0.3 is 0 Å². The maximum Gasteiger partial charge on any atom is 0.228 e. The highest BCUT2D eigenvalue weighted by atomic mass is 16.2. The molecule has 5 nitrogen and oxygen atoms in total. The molecule has 0 spiro atoms. The van der Waals surface area contributed by atoms with Crippen LogP contribution < -0.4 is 5.32 Å². The van der Waals surface area contributed by atoms with E-state index in [1.54, 1.807) is 42.9 Å². The molecule has 2 rings (SSSR count). The molecule has 1 heterocycles. The zero-order chi connectivity index (χ0) is 13.5. The van der Waals surface area contributed by atoms with Crippen molar-refractivity contribution in [1.29, 1.82) is 0 Å². The SMILES string of the molecule is O=C(CC(=O)c1ccccc1)NCc1cnccn1. The Labute approximate surface area is 110 Å². The van der Waals surface area contributed by atoms with Gasteiger partial charge in [-0.15, -0.1) is 0 Å². The number of aromatic nitrogens is 2. The largest absolute Gasteiger partial charge is 0.350 e. The first kappa shape index (κ1) is 12.9. The third-order valence-electron chi connectivity index (χ3n) is 2.50. The van der Waals surface area contributed by atoms with Crippen molar-refractivity contribution in [3.05, 3.63) is 60.2 Å². The van der Waals surface area contributed by atoms with E-state index in [0.29, 0.717) is 11.3 Å². The van der Waals surface area contributed by atoms with Gasteiger partial charge in [-0.3, -0.25) is 19.6 Å². The first-order chi connectivity index (χ1) is 9.25. The zero-order valence-corrected chi connectivity index (χ0v) is 10.2. The lowest BCUT2D eigenvalue weighted by molar-refractivity contribution is -0.120. The summed E-state index contributed by atoms with van der Waals surface area (Å²) < 4.78 is 0. The lowest BCUT2D eigenvalue weighted by Gasteiger charge is -2.04. The fourth-order valence-corrected chi connectivity index (χ4v) is 1.54. The van der Waals surface area contributed by atoms with Gasteiger partial charge in [-0.1, -0.05) is 30.3 Å². The molecule has 19 heavy (non-hydrogen) atoms. The predicted octanol–water partition coefficient (Wildman–Crippen LogP) is 1.37. The summed E-state index contributed by atoms with van der Waals surface area (Å²) in [4.78, 5) is 31.3. The lowest BCUT2D eigenvalue weighted by atomic mass is 10.1. The minimum atomic E-state index is -0.320. The van der Waals surface area contributed by atoms with Crippen LogP contribution in [0.25, 0.3) is 0 Å². The van der Waals surface area contributed by atoms with Crippen molar-refractivity contribution in [3.8, 4) is 0 Å². The van der Waals surface area contributed by atoms with Crippen LogP contribution in [0.1, 0.15) is 22.5 Å². The van der Waals surface area contributed by atoms with Crippen LogP contribution in [0, 0.1) is 0 Å². The molecule has 0 unspecified atom stereocenters. The molecule has 96 valence electrons. The van der Waals surface area contributed by atoms with Crippen molar-refractivity contribution >= 4 is 11.7 Å². The van der Waals surface area contributed by atoms with E-state index in [-0.39, 0.29) is 24.7 Å². The molecule has 0 saturated carbocycles. The van der Waals surface area contributed by atoms with Crippen LogP contribution in [-0.2, 0) is 11.3 Å². The van der Waals surface area contributed by atoms with Gasteiger partial charge in [-0.2, -0.15) is 0 Å². The number of hydrogen-bond donors (Lipinski definition) is 1. The van der Waals surface area contributed by atoms with Crippen molar-refractivity contribution < 1.29 is 9.59 Å². The monoisotopic (exact) mass is 255 g/mol. The number of hydrogen-bond acceptors (Lipinski definition) is 4. The number of amides is 1. The minimum Gasteiger partial charge on any atom is -0.350 e. The Morgan fingerprint density at radius 3 is 2.58 bits per heavy atom. The van der Waals surface area contributed by atoms with E-state index >= 15 is 0 Å². The molecule has 0 aliphatic rings. The molecule has 0 atom stereocenters. The molecule has 0 aliphatic heterocycles. The Kier molecular flexibility index (Phi) is 4.34. The summed E-state index contributed by atoms with van der Waals surface area (Å²) in [6, 6.07) is 8.75. The Bertz CT molecular complexity index is 555. The topological polar surface area (TPSA) is 72.0 Å². The second-order valence-electron chi connectivity index (χ2n) is 3.94. The second-order valence-corrected chi connectivity index (χ2v) is 3.94. The Morgan fingerprint density at radius 2 is 1.89 bits per heavy atom. The lowest BCUT2D eigenvalue weighted by Crippen LogP contribution is -2.25. The number of nitrogens with one attached hydrogen (secondary N) is 1. The van der Waals surface area contributed by atoms with Gasteiger partial charge in [-0.05, 0) is 0 Å². The normalized spacial score (nSPS) is 9.89. The van der Waals surface area contributed by atoms with Gasteiger partial charge in [0.15, 0.2) is 5.78 Å². The van der Waals surface area contributed by atoms with Crippen LogP contribution in [0.5, 0.6) is 0 Å². The molecule has 0 fully saturated rings. The first-order valence-electron chi connectivity index (χ1n) is 5.85. The Morgan fingerprint density at radius 1 is 1.11 bits per heavy atom. The summed E-state index contributed by atoms with van der Waals surface area (Å²) in [5.41, 5.74) is 1.19. The molecule has 5 heteroatoms. The standard InChI is InChI=1S/C14H13N3O2/c18-13(11-4-2-1-3-5-11)8-14(19)17-10-12-9-15-6-7-16-12/h1-7,9H,8,10H2,(H,17,19). The van der Waals surface area contributed by atoms with Crippen LogP contribution in [0.4, 0.5) is 0 Å². The fraction of sp³-hybridized carbons (Fsp3) is 0.143. The zero-order valence-electron chi connectivity index (χ0n) is 10.2. The van der Waals surface area contributed by atoms with E-state index in [1.807, 2.05) is 6.07 Å². The highest BCUT2D eigenvalue weighted by Gasteiger charge is 2.11. The Hall–Kier alpha value is -2.56. The summed E-state index contributed by atoms with van der Waals surface area (Å²) in [7, 11) is 0. The van der Waals surface area contributed by atoms with E-state index in [1.165, 1.54) is 0 Å². The third-order valence-corrected chi connectivity index (χ3v) is 2.50. The van der Waals surface area contributed by atoms with Gasteiger partial charge in [0.2, 0.25) is 5.91 Å². The predicted molar refractivity (Wildman–Crippen MR) is 69.3 cm³/mol. The number of ketones is 1. The minimum absolute atomic E-state index is 0.162. The van der Waals surface area contributed by atoms with Gasteiger partial charge in [0.05, 0.1) is 24.9 Å². The van der Waals surface area contributed by atoms with E-state index in [2.05, 4.69) is 15.3 Å².